The molecule has 1 saturated carbocycles. The van der Waals surface area contributed by atoms with Gasteiger partial charge in [-0.15, -0.1) is 0 Å². The average molecular weight is 306 g/mol. The molecule has 0 unspecified atom stereocenters. The molecule has 1 atom stereocenters. The third-order valence-corrected chi connectivity index (χ3v) is 4.96. The SMILES string of the molecule is CN(C(=O)c1ncoc1[C@@H]1CCCO1)C1CCCCCCC1. The Morgan fingerprint density at radius 2 is 1.86 bits per heavy atom. The summed E-state index contributed by atoms with van der Waals surface area (Å²) >= 11 is 0. The van der Waals surface area contributed by atoms with Crippen molar-refractivity contribution in [2.45, 2.75) is 69.9 Å². The van der Waals surface area contributed by atoms with Gasteiger partial charge in [-0.2, -0.15) is 0 Å². The van der Waals surface area contributed by atoms with E-state index in [0.717, 1.165) is 32.3 Å². The molecular weight excluding hydrogens is 280 g/mol. The van der Waals surface area contributed by atoms with Gasteiger partial charge in [0.05, 0.1) is 0 Å². The van der Waals surface area contributed by atoms with Crippen LogP contribution >= 0.6 is 0 Å². The van der Waals surface area contributed by atoms with Crippen molar-refractivity contribution in [1.82, 2.24) is 9.88 Å². The highest BCUT2D eigenvalue weighted by Gasteiger charge is 2.31. The zero-order valence-corrected chi connectivity index (χ0v) is 13.4. The van der Waals surface area contributed by atoms with Crippen LogP contribution < -0.4 is 0 Å². The zero-order valence-electron chi connectivity index (χ0n) is 13.4. The molecule has 1 aromatic rings. The van der Waals surface area contributed by atoms with Crippen molar-refractivity contribution in [2.75, 3.05) is 13.7 Å². The van der Waals surface area contributed by atoms with Crippen LogP contribution in [0.4, 0.5) is 0 Å². The molecule has 1 saturated heterocycles. The summed E-state index contributed by atoms with van der Waals surface area (Å²) < 4.78 is 11.1. The van der Waals surface area contributed by atoms with Crippen LogP contribution in [0.15, 0.2) is 10.8 Å². The molecule has 1 aliphatic heterocycles. The van der Waals surface area contributed by atoms with Gasteiger partial charge in [0.15, 0.2) is 17.8 Å². The van der Waals surface area contributed by atoms with Crippen LogP contribution in [0.1, 0.15) is 80.1 Å². The van der Waals surface area contributed by atoms with Gasteiger partial charge in [-0.1, -0.05) is 32.1 Å². The molecule has 1 amide bonds. The van der Waals surface area contributed by atoms with E-state index in [9.17, 15) is 4.79 Å². The monoisotopic (exact) mass is 306 g/mol. The molecule has 1 aliphatic carbocycles. The van der Waals surface area contributed by atoms with Gasteiger partial charge in [0.25, 0.3) is 5.91 Å². The Hall–Kier alpha value is -1.36. The molecule has 0 spiro atoms. The number of hydrogen-bond acceptors (Lipinski definition) is 4. The number of carbonyl (C=O) groups is 1. The second kappa shape index (κ2) is 7.27. The van der Waals surface area contributed by atoms with Crippen molar-refractivity contribution in [3.63, 3.8) is 0 Å². The van der Waals surface area contributed by atoms with Crippen molar-refractivity contribution in [3.8, 4) is 0 Å². The highest BCUT2D eigenvalue weighted by Crippen LogP contribution is 2.31. The standard InChI is InChI=1S/C17H26N2O3/c1-19(13-8-5-3-2-4-6-9-13)17(20)15-16(22-12-18-15)14-10-7-11-21-14/h12-14H,2-11H2,1H3/t14-/m0/s1. The third-order valence-electron chi connectivity index (χ3n) is 4.96. The van der Waals surface area contributed by atoms with E-state index in [0.29, 0.717) is 17.5 Å². The van der Waals surface area contributed by atoms with Crippen LogP contribution in [-0.4, -0.2) is 35.5 Å². The number of carbonyl (C=O) groups excluding carboxylic acids is 1. The van der Waals surface area contributed by atoms with Gasteiger partial charge >= 0.3 is 0 Å². The van der Waals surface area contributed by atoms with Gasteiger partial charge in [-0.25, -0.2) is 4.98 Å². The van der Waals surface area contributed by atoms with Crippen molar-refractivity contribution < 1.29 is 13.9 Å². The molecule has 3 rings (SSSR count). The fraction of sp³-hybridized carbons (Fsp3) is 0.765. The number of amides is 1. The minimum absolute atomic E-state index is 0.0233. The number of rotatable bonds is 3. The van der Waals surface area contributed by atoms with Gasteiger partial charge in [0.2, 0.25) is 0 Å². The summed E-state index contributed by atoms with van der Waals surface area (Å²) in [5.41, 5.74) is 0.441. The first-order valence-electron chi connectivity index (χ1n) is 8.59. The largest absolute Gasteiger partial charge is 0.445 e. The number of hydrogen-bond donors (Lipinski definition) is 0. The van der Waals surface area contributed by atoms with Gasteiger partial charge < -0.3 is 14.1 Å². The summed E-state index contributed by atoms with van der Waals surface area (Å²) in [5.74, 6) is 0.588. The molecule has 5 heteroatoms. The molecule has 2 heterocycles. The fourth-order valence-corrected chi connectivity index (χ4v) is 3.58. The molecule has 2 aliphatic rings. The summed E-state index contributed by atoms with van der Waals surface area (Å²) in [4.78, 5) is 18.9. The second-order valence-electron chi connectivity index (χ2n) is 6.48. The molecule has 0 N–H and O–H groups in total. The normalized spacial score (nSPS) is 24.0. The predicted molar refractivity (Wildman–Crippen MR) is 82.6 cm³/mol. The van der Waals surface area contributed by atoms with Crippen LogP contribution in [0.2, 0.25) is 0 Å². The molecule has 0 radical (unpaired) electrons. The maximum absolute atomic E-state index is 12.8. The van der Waals surface area contributed by atoms with E-state index in [1.807, 2.05) is 11.9 Å². The first kappa shape index (κ1) is 15.5. The first-order valence-corrected chi connectivity index (χ1v) is 8.59. The Morgan fingerprint density at radius 1 is 1.14 bits per heavy atom. The van der Waals surface area contributed by atoms with Crippen molar-refractivity contribution in [1.29, 1.82) is 0 Å². The van der Waals surface area contributed by atoms with Gasteiger partial charge in [0.1, 0.15) is 6.10 Å². The molecule has 0 bridgehead atoms. The Morgan fingerprint density at radius 3 is 2.55 bits per heavy atom. The molecular formula is C17H26N2O3. The summed E-state index contributed by atoms with van der Waals surface area (Å²) in [6, 6.07) is 0.321. The summed E-state index contributed by atoms with van der Waals surface area (Å²) in [7, 11) is 1.91. The Balaban J connectivity index is 1.71. The topological polar surface area (TPSA) is 55.6 Å². The van der Waals surface area contributed by atoms with E-state index < -0.39 is 0 Å². The van der Waals surface area contributed by atoms with Gasteiger partial charge in [0, 0.05) is 19.7 Å². The van der Waals surface area contributed by atoms with E-state index in [1.165, 1.54) is 38.5 Å². The molecule has 1 aromatic heterocycles. The summed E-state index contributed by atoms with van der Waals surface area (Å²) in [6.07, 6.45) is 11.7. The van der Waals surface area contributed by atoms with Crippen LogP contribution in [0, 0.1) is 0 Å². The van der Waals surface area contributed by atoms with E-state index in [2.05, 4.69) is 4.98 Å². The molecule has 2 fully saturated rings. The lowest BCUT2D eigenvalue weighted by molar-refractivity contribution is 0.0671. The lowest BCUT2D eigenvalue weighted by Gasteiger charge is -2.29. The summed E-state index contributed by atoms with van der Waals surface area (Å²) in [6.45, 7) is 0.734. The van der Waals surface area contributed by atoms with E-state index >= 15 is 0 Å². The highest BCUT2D eigenvalue weighted by atomic mass is 16.5. The van der Waals surface area contributed by atoms with Crippen molar-refractivity contribution in [3.05, 3.63) is 17.8 Å². The fourth-order valence-electron chi connectivity index (χ4n) is 3.58. The molecule has 5 nitrogen and oxygen atoms in total. The smallest absolute Gasteiger partial charge is 0.276 e. The Kier molecular flexibility index (Phi) is 5.13. The van der Waals surface area contributed by atoms with Crippen molar-refractivity contribution in [2.24, 2.45) is 0 Å². The lowest BCUT2D eigenvalue weighted by atomic mass is 9.95. The number of ether oxygens (including phenoxy) is 1. The third kappa shape index (κ3) is 3.35. The quantitative estimate of drug-likeness (QED) is 0.854. The van der Waals surface area contributed by atoms with E-state index in [-0.39, 0.29) is 12.0 Å². The summed E-state index contributed by atoms with van der Waals surface area (Å²) in [5, 5.41) is 0. The number of aromatic nitrogens is 1. The van der Waals surface area contributed by atoms with Crippen LogP contribution in [0.5, 0.6) is 0 Å². The first-order chi connectivity index (χ1) is 10.8. The van der Waals surface area contributed by atoms with Crippen LogP contribution in [0.25, 0.3) is 0 Å². The van der Waals surface area contributed by atoms with Gasteiger partial charge in [-0.3, -0.25) is 4.79 Å². The van der Waals surface area contributed by atoms with E-state index in [4.69, 9.17) is 9.15 Å². The van der Waals surface area contributed by atoms with Crippen LogP contribution in [-0.2, 0) is 4.74 Å². The second-order valence-corrected chi connectivity index (χ2v) is 6.48. The zero-order chi connectivity index (χ0) is 15.4. The predicted octanol–water partition coefficient (Wildman–Crippen LogP) is 3.71. The number of nitrogens with zero attached hydrogens (tertiary/aromatic N) is 2. The molecule has 0 aromatic carbocycles. The maximum Gasteiger partial charge on any atom is 0.276 e. The van der Waals surface area contributed by atoms with E-state index in [1.54, 1.807) is 0 Å². The Labute approximate surface area is 132 Å². The Bertz CT molecular complexity index is 486. The van der Waals surface area contributed by atoms with Crippen LogP contribution in [0.3, 0.4) is 0 Å². The average Bonchev–Trinajstić information content (AvgIpc) is 3.16. The lowest BCUT2D eigenvalue weighted by Crippen LogP contribution is -2.38. The highest BCUT2D eigenvalue weighted by molar-refractivity contribution is 5.93. The minimum Gasteiger partial charge on any atom is -0.445 e. The molecule has 122 valence electrons. The van der Waals surface area contributed by atoms with Gasteiger partial charge in [-0.05, 0) is 25.7 Å². The minimum atomic E-state index is -0.104. The number of oxazole rings is 1. The molecule has 22 heavy (non-hydrogen) atoms. The maximum atomic E-state index is 12.8. The van der Waals surface area contributed by atoms with Crippen molar-refractivity contribution >= 4 is 5.91 Å².